The summed E-state index contributed by atoms with van der Waals surface area (Å²) in [5, 5.41) is 9.01. The van der Waals surface area contributed by atoms with Crippen LogP contribution < -0.4 is 0 Å². The van der Waals surface area contributed by atoms with Crippen LogP contribution in [0.4, 0.5) is 0 Å². The monoisotopic (exact) mass is 210 g/mol. The molecule has 0 saturated carbocycles. The molecule has 2 rings (SSSR count). The molecule has 1 aliphatic rings. The smallest absolute Gasteiger partial charge is 0.354 e. The quantitative estimate of drug-likeness (QED) is 0.810. The fourth-order valence-electron chi connectivity index (χ4n) is 1.91. The molecule has 1 aromatic rings. The first-order valence-electron chi connectivity index (χ1n) is 5.05. The average Bonchev–Trinajstić information content (AvgIpc) is 2.76. The van der Waals surface area contributed by atoms with Crippen LogP contribution in [0.2, 0.25) is 0 Å². The summed E-state index contributed by atoms with van der Waals surface area (Å²) in [5.41, 5.74) is 0.825. The number of aromatic carboxylic acids is 1. The number of imidazole rings is 1. The first-order valence-corrected chi connectivity index (χ1v) is 5.05. The lowest BCUT2D eigenvalue weighted by atomic mass is 10.2. The highest BCUT2D eigenvalue weighted by Crippen LogP contribution is 2.16. The van der Waals surface area contributed by atoms with Gasteiger partial charge in [-0.1, -0.05) is 0 Å². The Morgan fingerprint density at radius 3 is 3.20 bits per heavy atom. The molecular weight excluding hydrogens is 196 g/mol. The van der Waals surface area contributed by atoms with Crippen molar-refractivity contribution in [2.24, 2.45) is 0 Å². The van der Waals surface area contributed by atoms with Gasteiger partial charge in [0, 0.05) is 6.61 Å². The predicted molar refractivity (Wildman–Crippen MR) is 52.9 cm³/mol. The lowest BCUT2D eigenvalue weighted by Crippen LogP contribution is -2.18. The fourth-order valence-corrected chi connectivity index (χ4v) is 1.91. The molecule has 0 aromatic carbocycles. The molecule has 0 amide bonds. The maximum atomic E-state index is 11.0. The van der Waals surface area contributed by atoms with Gasteiger partial charge >= 0.3 is 5.97 Å². The summed E-state index contributed by atoms with van der Waals surface area (Å²) in [6.07, 6.45) is 3.76. The summed E-state index contributed by atoms with van der Waals surface area (Å²) >= 11 is 0. The molecule has 1 unspecified atom stereocenters. The Kier molecular flexibility index (Phi) is 2.73. The molecule has 0 spiro atoms. The minimum Gasteiger partial charge on any atom is -0.477 e. The largest absolute Gasteiger partial charge is 0.477 e. The number of hydrogen-bond donors (Lipinski definition) is 1. The minimum absolute atomic E-state index is 0.136. The van der Waals surface area contributed by atoms with Crippen molar-refractivity contribution in [1.82, 2.24) is 9.55 Å². The van der Waals surface area contributed by atoms with Gasteiger partial charge in [0.15, 0.2) is 0 Å². The lowest BCUT2D eigenvalue weighted by molar-refractivity contribution is 0.0670. The van der Waals surface area contributed by atoms with Gasteiger partial charge in [0.25, 0.3) is 0 Å². The molecule has 1 atom stereocenters. The van der Waals surface area contributed by atoms with E-state index in [9.17, 15) is 4.79 Å². The Hall–Kier alpha value is -1.36. The Morgan fingerprint density at radius 1 is 1.80 bits per heavy atom. The van der Waals surface area contributed by atoms with E-state index in [0.717, 1.165) is 19.4 Å². The topological polar surface area (TPSA) is 64.4 Å². The van der Waals surface area contributed by atoms with E-state index < -0.39 is 5.97 Å². The molecule has 0 aliphatic carbocycles. The van der Waals surface area contributed by atoms with Crippen LogP contribution in [0.3, 0.4) is 0 Å². The maximum Gasteiger partial charge on any atom is 0.354 e. The Bertz CT molecular complexity index is 367. The molecule has 5 nitrogen and oxygen atoms in total. The molecule has 5 heteroatoms. The van der Waals surface area contributed by atoms with E-state index in [4.69, 9.17) is 9.84 Å². The van der Waals surface area contributed by atoms with Gasteiger partial charge in [-0.15, -0.1) is 0 Å². The van der Waals surface area contributed by atoms with Crippen molar-refractivity contribution in [3.63, 3.8) is 0 Å². The van der Waals surface area contributed by atoms with Crippen LogP contribution in [-0.4, -0.2) is 33.3 Å². The summed E-state index contributed by atoms with van der Waals surface area (Å²) in [4.78, 5) is 15.0. The van der Waals surface area contributed by atoms with Crippen LogP contribution in [0.1, 0.15) is 29.0 Å². The average molecular weight is 210 g/mol. The third-order valence-electron chi connectivity index (χ3n) is 2.65. The van der Waals surface area contributed by atoms with Gasteiger partial charge in [0.1, 0.15) is 5.69 Å². The predicted octanol–water partition coefficient (Wildman–Crippen LogP) is 1.07. The molecule has 1 fully saturated rings. The van der Waals surface area contributed by atoms with E-state index in [1.807, 2.05) is 0 Å². The molecule has 82 valence electrons. The third-order valence-corrected chi connectivity index (χ3v) is 2.65. The van der Waals surface area contributed by atoms with Crippen molar-refractivity contribution in [2.75, 3.05) is 6.61 Å². The number of rotatable bonds is 3. The van der Waals surface area contributed by atoms with Gasteiger partial charge in [0.05, 0.1) is 24.7 Å². The number of aromatic nitrogens is 2. The minimum atomic E-state index is -0.928. The summed E-state index contributed by atoms with van der Waals surface area (Å²) in [6, 6.07) is 0. The van der Waals surface area contributed by atoms with Crippen molar-refractivity contribution in [3.05, 3.63) is 17.7 Å². The molecule has 0 radical (unpaired) electrons. The first-order chi connectivity index (χ1) is 7.18. The van der Waals surface area contributed by atoms with Crippen molar-refractivity contribution >= 4 is 5.97 Å². The zero-order valence-electron chi connectivity index (χ0n) is 8.64. The van der Waals surface area contributed by atoms with Crippen molar-refractivity contribution in [2.45, 2.75) is 32.4 Å². The van der Waals surface area contributed by atoms with E-state index in [0.29, 0.717) is 12.2 Å². The molecule has 15 heavy (non-hydrogen) atoms. The Balaban J connectivity index is 2.16. The number of hydrogen-bond acceptors (Lipinski definition) is 3. The van der Waals surface area contributed by atoms with E-state index in [2.05, 4.69) is 4.98 Å². The van der Waals surface area contributed by atoms with E-state index in [-0.39, 0.29) is 11.8 Å². The summed E-state index contributed by atoms with van der Waals surface area (Å²) < 4.78 is 7.12. The zero-order chi connectivity index (χ0) is 10.8. The number of carboxylic acids is 1. The molecule has 1 saturated heterocycles. The van der Waals surface area contributed by atoms with E-state index in [1.165, 1.54) is 0 Å². The summed E-state index contributed by atoms with van der Waals surface area (Å²) in [5.74, 6) is -0.928. The molecule has 1 aromatic heterocycles. The SMILES string of the molecule is Cc1ncn(CC2CCCO2)c1C(=O)O. The van der Waals surface area contributed by atoms with E-state index >= 15 is 0 Å². The van der Waals surface area contributed by atoms with Crippen LogP contribution in [-0.2, 0) is 11.3 Å². The van der Waals surface area contributed by atoms with Crippen molar-refractivity contribution < 1.29 is 14.6 Å². The second kappa shape index (κ2) is 4.02. The third kappa shape index (κ3) is 2.02. The number of carbonyl (C=O) groups is 1. The van der Waals surface area contributed by atoms with Crippen LogP contribution >= 0.6 is 0 Å². The summed E-state index contributed by atoms with van der Waals surface area (Å²) in [6.45, 7) is 3.07. The lowest BCUT2D eigenvalue weighted by Gasteiger charge is -2.11. The van der Waals surface area contributed by atoms with Crippen molar-refractivity contribution in [3.8, 4) is 0 Å². The second-order valence-electron chi connectivity index (χ2n) is 3.77. The normalized spacial score (nSPS) is 20.7. The Morgan fingerprint density at radius 2 is 2.60 bits per heavy atom. The highest BCUT2D eigenvalue weighted by atomic mass is 16.5. The van der Waals surface area contributed by atoms with Crippen LogP contribution in [0.25, 0.3) is 0 Å². The number of ether oxygens (including phenoxy) is 1. The molecule has 2 heterocycles. The van der Waals surface area contributed by atoms with Gasteiger partial charge < -0.3 is 14.4 Å². The Labute approximate surface area is 87.7 Å². The van der Waals surface area contributed by atoms with Crippen LogP contribution in [0.15, 0.2) is 6.33 Å². The first kappa shape index (κ1) is 10.2. The van der Waals surface area contributed by atoms with Gasteiger partial charge in [-0.3, -0.25) is 0 Å². The van der Waals surface area contributed by atoms with Gasteiger partial charge in [-0.2, -0.15) is 0 Å². The van der Waals surface area contributed by atoms with E-state index in [1.54, 1.807) is 17.8 Å². The van der Waals surface area contributed by atoms with Crippen LogP contribution in [0, 0.1) is 6.92 Å². The highest BCUT2D eigenvalue weighted by Gasteiger charge is 2.20. The molecule has 1 aliphatic heterocycles. The molecule has 0 bridgehead atoms. The molecule has 1 N–H and O–H groups in total. The van der Waals surface area contributed by atoms with Gasteiger partial charge in [-0.05, 0) is 19.8 Å². The van der Waals surface area contributed by atoms with Gasteiger partial charge in [0.2, 0.25) is 0 Å². The molecular formula is C10H14N2O3. The van der Waals surface area contributed by atoms with Crippen LogP contribution in [0.5, 0.6) is 0 Å². The highest BCUT2D eigenvalue weighted by molar-refractivity contribution is 5.86. The second-order valence-corrected chi connectivity index (χ2v) is 3.77. The standard InChI is InChI=1S/C10H14N2O3/c1-7-9(10(13)14)12(6-11-7)5-8-3-2-4-15-8/h6,8H,2-5H2,1H3,(H,13,14). The van der Waals surface area contributed by atoms with Crippen molar-refractivity contribution in [1.29, 1.82) is 0 Å². The summed E-state index contributed by atoms with van der Waals surface area (Å²) in [7, 11) is 0. The van der Waals surface area contributed by atoms with Gasteiger partial charge in [-0.25, -0.2) is 9.78 Å². The number of carboxylic acid groups (broad SMARTS) is 1. The number of aryl methyl sites for hydroxylation is 1. The zero-order valence-corrected chi connectivity index (χ0v) is 8.64. The fraction of sp³-hybridized carbons (Fsp3) is 0.600. The maximum absolute atomic E-state index is 11.0. The number of nitrogens with zero attached hydrogens (tertiary/aromatic N) is 2.